The van der Waals surface area contributed by atoms with Crippen molar-refractivity contribution < 1.29 is 4.74 Å². The molecule has 3 heteroatoms. The molecule has 2 rings (SSSR count). The van der Waals surface area contributed by atoms with E-state index < -0.39 is 0 Å². The van der Waals surface area contributed by atoms with E-state index in [9.17, 15) is 0 Å². The second-order valence-electron chi connectivity index (χ2n) is 5.18. The van der Waals surface area contributed by atoms with Crippen LogP contribution >= 0.6 is 0 Å². The Morgan fingerprint density at radius 3 is 2.43 bits per heavy atom. The quantitative estimate of drug-likeness (QED) is 0.884. The van der Waals surface area contributed by atoms with Crippen LogP contribution in [0.1, 0.15) is 29.7 Å². The predicted octanol–water partition coefficient (Wildman–Crippen LogP) is 4.38. The highest BCUT2D eigenvalue weighted by atomic mass is 16.5. The van der Waals surface area contributed by atoms with E-state index >= 15 is 0 Å². The Kier molecular flexibility index (Phi) is 4.84. The fourth-order valence-electron chi connectivity index (χ4n) is 2.13. The maximum atomic E-state index is 8.49. The summed E-state index contributed by atoms with van der Waals surface area (Å²) in [7, 11) is 0. The molecule has 1 N–H and O–H groups in total. The van der Waals surface area contributed by atoms with Crippen LogP contribution < -0.4 is 10.1 Å². The average Bonchev–Trinajstić information content (AvgIpc) is 2.49. The number of nitriles is 1. The summed E-state index contributed by atoms with van der Waals surface area (Å²) in [6.07, 6.45) is 0. The molecule has 1 atom stereocenters. The number of anilines is 1. The van der Waals surface area contributed by atoms with Gasteiger partial charge in [0, 0.05) is 11.7 Å². The van der Waals surface area contributed by atoms with Crippen LogP contribution in [0.5, 0.6) is 5.75 Å². The zero-order chi connectivity index (χ0) is 15.2. The zero-order valence-electron chi connectivity index (χ0n) is 12.7. The van der Waals surface area contributed by atoms with Gasteiger partial charge in [0.25, 0.3) is 0 Å². The Morgan fingerprint density at radius 1 is 1.10 bits per heavy atom. The topological polar surface area (TPSA) is 45.0 Å². The summed E-state index contributed by atoms with van der Waals surface area (Å²) in [6, 6.07) is 16.4. The molecular formula is C18H20N2O. The van der Waals surface area contributed by atoms with Crippen molar-refractivity contribution in [2.75, 3.05) is 11.9 Å². The average molecular weight is 280 g/mol. The summed E-state index contributed by atoms with van der Waals surface area (Å²) in [5, 5.41) is 12.0. The molecule has 0 aliphatic heterocycles. The lowest BCUT2D eigenvalue weighted by Crippen LogP contribution is -2.07. The molecule has 3 nitrogen and oxygen atoms in total. The number of hydrogen-bond donors (Lipinski definition) is 1. The van der Waals surface area contributed by atoms with Crippen molar-refractivity contribution in [2.24, 2.45) is 0 Å². The van der Waals surface area contributed by atoms with Crippen molar-refractivity contribution in [3.63, 3.8) is 0 Å². The number of hydrogen-bond acceptors (Lipinski definition) is 3. The molecule has 0 saturated heterocycles. The Hall–Kier alpha value is -2.47. The third-order valence-electron chi connectivity index (χ3n) is 3.57. The molecule has 108 valence electrons. The van der Waals surface area contributed by atoms with Gasteiger partial charge in [-0.1, -0.05) is 18.2 Å². The maximum absolute atomic E-state index is 8.49. The van der Waals surface area contributed by atoms with Crippen LogP contribution in [-0.4, -0.2) is 6.61 Å². The molecule has 0 saturated carbocycles. The molecule has 0 heterocycles. The van der Waals surface area contributed by atoms with Crippen LogP contribution in [0.2, 0.25) is 0 Å². The largest absolute Gasteiger partial charge is 0.479 e. The fraction of sp³-hybridized carbons (Fsp3) is 0.278. The van der Waals surface area contributed by atoms with Gasteiger partial charge in [0.15, 0.2) is 6.61 Å². The van der Waals surface area contributed by atoms with Crippen LogP contribution in [0, 0.1) is 25.2 Å². The Balaban J connectivity index is 2.04. The van der Waals surface area contributed by atoms with Crippen LogP contribution in [0.4, 0.5) is 5.69 Å². The summed E-state index contributed by atoms with van der Waals surface area (Å²) in [4.78, 5) is 0. The third kappa shape index (κ3) is 4.00. The molecule has 2 aromatic rings. The van der Waals surface area contributed by atoms with Gasteiger partial charge in [0.1, 0.15) is 11.8 Å². The van der Waals surface area contributed by atoms with E-state index in [2.05, 4.69) is 44.3 Å². The van der Waals surface area contributed by atoms with Gasteiger partial charge in [-0.25, -0.2) is 0 Å². The van der Waals surface area contributed by atoms with Crippen molar-refractivity contribution in [2.45, 2.75) is 26.8 Å². The van der Waals surface area contributed by atoms with Gasteiger partial charge in [-0.3, -0.25) is 0 Å². The third-order valence-corrected chi connectivity index (χ3v) is 3.57. The molecule has 0 aliphatic carbocycles. The van der Waals surface area contributed by atoms with Gasteiger partial charge < -0.3 is 10.1 Å². The lowest BCUT2D eigenvalue weighted by molar-refractivity contribution is 0.368. The monoisotopic (exact) mass is 280 g/mol. The predicted molar refractivity (Wildman–Crippen MR) is 85.5 cm³/mol. The standard InChI is InChI=1S/C18H20N2O/c1-13-4-7-17(12-14(13)2)20-15(3)16-5-8-18(9-6-16)21-11-10-19/h4-9,12,15,20H,11H2,1-3H3. The Morgan fingerprint density at radius 2 is 1.81 bits per heavy atom. The first-order valence-corrected chi connectivity index (χ1v) is 7.03. The van der Waals surface area contributed by atoms with Gasteiger partial charge in [-0.15, -0.1) is 0 Å². The number of ether oxygens (including phenoxy) is 1. The molecule has 0 fully saturated rings. The first-order chi connectivity index (χ1) is 10.1. The Labute approximate surface area is 126 Å². The van der Waals surface area contributed by atoms with Crippen molar-refractivity contribution >= 4 is 5.69 Å². The van der Waals surface area contributed by atoms with Crippen LogP contribution in [0.3, 0.4) is 0 Å². The lowest BCUT2D eigenvalue weighted by Gasteiger charge is -2.17. The van der Waals surface area contributed by atoms with E-state index in [1.54, 1.807) is 0 Å². The zero-order valence-corrected chi connectivity index (χ0v) is 12.7. The first kappa shape index (κ1) is 14.9. The summed E-state index contributed by atoms with van der Waals surface area (Å²) < 4.78 is 5.26. The summed E-state index contributed by atoms with van der Waals surface area (Å²) in [5.74, 6) is 0.721. The van der Waals surface area contributed by atoms with Crippen molar-refractivity contribution in [3.05, 3.63) is 59.2 Å². The molecule has 2 aromatic carbocycles. The molecule has 0 radical (unpaired) electrons. The number of benzene rings is 2. The number of rotatable bonds is 5. The van der Waals surface area contributed by atoms with Crippen molar-refractivity contribution in [1.29, 1.82) is 5.26 Å². The minimum atomic E-state index is 0.0792. The van der Waals surface area contributed by atoms with E-state index in [4.69, 9.17) is 10.00 Å². The van der Waals surface area contributed by atoms with E-state index in [-0.39, 0.29) is 12.6 Å². The van der Waals surface area contributed by atoms with Gasteiger partial charge in [-0.2, -0.15) is 5.26 Å². The summed E-state index contributed by atoms with van der Waals surface area (Å²) in [6.45, 7) is 6.44. The van der Waals surface area contributed by atoms with Gasteiger partial charge >= 0.3 is 0 Å². The highest BCUT2D eigenvalue weighted by molar-refractivity contribution is 5.49. The molecule has 0 aromatic heterocycles. The molecule has 1 unspecified atom stereocenters. The smallest absolute Gasteiger partial charge is 0.174 e. The van der Waals surface area contributed by atoms with Crippen LogP contribution in [-0.2, 0) is 0 Å². The van der Waals surface area contributed by atoms with Gasteiger partial charge in [0.2, 0.25) is 0 Å². The fourth-order valence-corrected chi connectivity index (χ4v) is 2.13. The number of nitrogens with one attached hydrogen (secondary N) is 1. The molecule has 0 bridgehead atoms. The lowest BCUT2D eigenvalue weighted by atomic mass is 10.1. The van der Waals surface area contributed by atoms with E-state index in [1.165, 1.54) is 16.7 Å². The molecule has 0 spiro atoms. The second kappa shape index (κ2) is 6.81. The SMILES string of the molecule is Cc1ccc(NC(C)c2ccc(OCC#N)cc2)cc1C. The van der Waals surface area contributed by atoms with E-state index in [0.29, 0.717) is 0 Å². The second-order valence-corrected chi connectivity index (χ2v) is 5.18. The molecule has 0 aliphatic rings. The molecular weight excluding hydrogens is 260 g/mol. The van der Waals surface area contributed by atoms with E-state index in [0.717, 1.165) is 11.4 Å². The maximum Gasteiger partial charge on any atom is 0.174 e. The first-order valence-electron chi connectivity index (χ1n) is 7.03. The van der Waals surface area contributed by atoms with Crippen molar-refractivity contribution in [3.8, 4) is 11.8 Å². The summed E-state index contributed by atoms with van der Waals surface area (Å²) in [5.41, 5.74) is 4.88. The molecule has 21 heavy (non-hydrogen) atoms. The normalized spacial score (nSPS) is 11.5. The number of aryl methyl sites for hydroxylation is 2. The minimum absolute atomic E-state index is 0.0792. The van der Waals surface area contributed by atoms with E-state index in [1.807, 2.05) is 30.3 Å². The summed E-state index contributed by atoms with van der Waals surface area (Å²) >= 11 is 0. The van der Waals surface area contributed by atoms with Gasteiger partial charge in [0.05, 0.1) is 0 Å². The van der Waals surface area contributed by atoms with Crippen LogP contribution in [0.15, 0.2) is 42.5 Å². The minimum Gasteiger partial charge on any atom is -0.479 e. The Bertz CT molecular complexity index is 641. The highest BCUT2D eigenvalue weighted by Gasteiger charge is 2.06. The van der Waals surface area contributed by atoms with Crippen LogP contribution in [0.25, 0.3) is 0 Å². The number of nitrogens with zero attached hydrogens (tertiary/aromatic N) is 1. The van der Waals surface area contributed by atoms with Gasteiger partial charge in [-0.05, 0) is 61.7 Å². The van der Waals surface area contributed by atoms with Crippen molar-refractivity contribution in [1.82, 2.24) is 0 Å². The highest BCUT2D eigenvalue weighted by Crippen LogP contribution is 2.23. The molecule has 0 amide bonds.